The fraction of sp³-hybridized carbons (Fsp3) is 0.481. The van der Waals surface area contributed by atoms with Gasteiger partial charge in [-0.2, -0.15) is 0 Å². The summed E-state index contributed by atoms with van der Waals surface area (Å²) < 4.78 is 23.0. The van der Waals surface area contributed by atoms with E-state index in [2.05, 4.69) is 0 Å². The van der Waals surface area contributed by atoms with Crippen molar-refractivity contribution in [3.8, 4) is 23.0 Å². The first kappa shape index (κ1) is 28.1. The predicted molar refractivity (Wildman–Crippen MR) is 138 cm³/mol. The number of methoxy groups -OCH3 is 1. The van der Waals surface area contributed by atoms with E-state index in [0.29, 0.717) is 23.1 Å². The lowest BCUT2D eigenvalue weighted by Gasteiger charge is -2.26. The van der Waals surface area contributed by atoms with Crippen molar-refractivity contribution in [1.82, 2.24) is 0 Å². The van der Waals surface area contributed by atoms with Crippen LogP contribution in [0.3, 0.4) is 0 Å². The lowest BCUT2D eigenvalue weighted by atomic mass is 9.92. The minimum Gasteiger partial charge on any atom is -0.495 e. The number of hydrogen-bond acceptors (Lipinski definition) is 7. The zero-order valence-electron chi connectivity index (χ0n) is 21.6. The number of carbonyl (C=O) groups is 2. The number of halogens is 2. The number of ether oxygens (including phenoxy) is 4. The molecule has 0 amide bonds. The molecule has 0 aliphatic carbocycles. The van der Waals surface area contributed by atoms with E-state index < -0.39 is 18.0 Å². The summed E-state index contributed by atoms with van der Waals surface area (Å²) in [6, 6.07) is 3.16. The SMILES string of the molecule is COc1c([C@@H](O)CC(C)C)ccc2c1C(=O)OCc1c(Cl)c(C)c(Cl)c(OC(=O)CC(C)(C)C)c1O2. The van der Waals surface area contributed by atoms with Crippen LogP contribution in [0.25, 0.3) is 0 Å². The monoisotopic (exact) mass is 538 g/mol. The van der Waals surface area contributed by atoms with Gasteiger partial charge in [0.15, 0.2) is 11.5 Å². The van der Waals surface area contributed by atoms with Gasteiger partial charge in [0, 0.05) is 5.56 Å². The van der Waals surface area contributed by atoms with Crippen molar-refractivity contribution in [3.63, 3.8) is 0 Å². The second-order valence-corrected chi connectivity index (χ2v) is 11.2. The van der Waals surface area contributed by atoms with E-state index >= 15 is 0 Å². The Labute approximate surface area is 221 Å². The van der Waals surface area contributed by atoms with Gasteiger partial charge in [-0.05, 0) is 42.4 Å². The van der Waals surface area contributed by atoms with Crippen LogP contribution in [0.2, 0.25) is 10.0 Å². The van der Waals surface area contributed by atoms with Crippen molar-refractivity contribution >= 4 is 35.1 Å². The van der Waals surface area contributed by atoms with Crippen molar-refractivity contribution in [3.05, 3.63) is 44.4 Å². The van der Waals surface area contributed by atoms with Crippen molar-refractivity contribution in [2.24, 2.45) is 11.3 Å². The van der Waals surface area contributed by atoms with Crippen LogP contribution in [0.15, 0.2) is 12.1 Å². The van der Waals surface area contributed by atoms with E-state index in [1.165, 1.54) is 13.2 Å². The summed E-state index contributed by atoms with van der Waals surface area (Å²) in [7, 11) is 1.40. The number of fused-ring (bicyclic) bond motifs is 2. The van der Waals surface area contributed by atoms with Crippen LogP contribution in [-0.4, -0.2) is 24.2 Å². The van der Waals surface area contributed by atoms with Crippen LogP contribution in [-0.2, 0) is 16.1 Å². The lowest BCUT2D eigenvalue weighted by molar-refractivity contribution is -0.136. The molecule has 0 fully saturated rings. The van der Waals surface area contributed by atoms with E-state index in [-0.39, 0.29) is 63.0 Å². The van der Waals surface area contributed by atoms with Crippen LogP contribution in [0.1, 0.15) is 80.6 Å². The summed E-state index contributed by atoms with van der Waals surface area (Å²) in [4.78, 5) is 25.8. The normalized spacial score (nSPS) is 14.1. The Morgan fingerprint density at radius 2 is 1.83 bits per heavy atom. The highest BCUT2D eigenvalue weighted by Crippen LogP contribution is 2.50. The number of hydrogen-bond donors (Lipinski definition) is 1. The fourth-order valence-electron chi connectivity index (χ4n) is 3.98. The van der Waals surface area contributed by atoms with Gasteiger partial charge in [0.2, 0.25) is 0 Å². The number of benzene rings is 2. The highest BCUT2D eigenvalue weighted by atomic mass is 35.5. The number of rotatable bonds is 6. The van der Waals surface area contributed by atoms with Crippen molar-refractivity contribution in [1.29, 1.82) is 0 Å². The van der Waals surface area contributed by atoms with Crippen LogP contribution < -0.4 is 14.2 Å². The smallest absolute Gasteiger partial charge is 0.346 e. The maximum atomic E-state index is 13.1. The fourth-order valence-corrected chi connectivity index (χ4v) is 4.48. The number of aliphatic hydroxyl groups is 1. The minimum absolute atomic E-state index is 0.00300. The van der Waals surface area contributed by atoms with E-state index in [0.717, 1.165) is 0 Å². The van der Waals surface area contributed by atoms with Gasteiger partial charge in [-0.15, -0.1) is 0 Å². The topological polar surface area (TPSA) is 91.3 Å². The molecule has 2 aromatic carbocycles. The number of aliphatic hydroxyl groups excluding tert-OH is 1. The molecule has 1 N–H and O–H groups in total. The minimum atomic E-state index is -0.865. The molecule has 1 atom stereocenters. The Morgan fingerprint density at radius 1 is 1.17 bits per heavy atom. The Hall–Kier alpha value is -2.48. The quantitative estimate of drug-likeness (QED) is 0.307. The average molecular weight is 539 g/mol. The van der Waals surface area contributed by atoms with Gasteiger partial charge in [0.05, 0.1) is 35.2 Å². The Kier molecular flexibility index (Phi) is 8.48. The zero-order chi connectivity index (χ0) is 26.9. The summed E-state index contributed by atoms with van der Waals surface area (Å²) in [6.45, 7) is 11.1. The van der Waals surface area contributed by atoms with Crippen molar-refractivity contribution in [2.45, 2.75) is 67.1 Å². The molecule has 2 aromatic rings. The van der Waals surface area contributed by atoms with Gasteiger partial charge in [0.1, 0.15) is 23.7 Å². The molecule has 0 spiro atoms. The summed E-state index contributed by atoms with van der Waals surface area (Å²) in [6.07, 6.45) is -0.265. The molecule has 0 bridgehead atoms. The summed E-state index contributed by atoms with van der Waals surface area (Å²) in [5.41, 5.74) is 0.898. The average Bonchev–Trinajstić information content (AvgIpc) is 2.76. The van der Waals surface area contributed by atoms with Gasteiger partial charge in [-0.25, -0.2) is 4.79 Å². The van der Waals surface area contributed by atoms with E-state index in [1.807, 2.05) is 34.6 Å². The first-order chi connectivity index (χ1) is 16.7. The highest BCUT2D eigenvalue weighted by Gasteiger charge is 2.33. The molecule has 1 heterocycles. The molecule has 9 heteroatoms. The molecule has 0 saturated heterocycles. The van der Waals surface area contributed by atoms with E-state index in [4.69, 9.17) is 42.1 Å². The summed E-state index contributed by atoms with van der Waals surface area (Å²) in [5, 5.41) is 11.1. The molecule has 196 valence electrons. The Bertz CT molecular complexity index is 1180. The number of cyclic esters (lactones) is 1. The highest BCUT2D eigenvalue weighted by molar-refractivity contribution is 6.38. The predicted octanol–water partition coefficient (Wildman–Crippen LogP) is 7.19. The first-order valence-corrected chi connectivity index (χ1v) is 12.5. The molecule has 0 aromatic heterocycles. The van der Waals surface area contributed by atoms with Gasteiger partial charge in [0.25, 0.3) is 0 Å². The van der Waals surface area contributed by atoms with Gasteiger partial charge < -0.3 is 24.1 Å². The zero-order valence-corrected chi connectivity index (χ0v) is 23.1. The summed E-state index contributed by atoms with van der Waals surface area (Å²) >= 11 is 13.1. The molecule has 1 aliphatic rings. The third-order valence-corrected chi connectivity index (χ3v) is 6.63. The summed E-state index contributed by atoms with van der Waals surface area (Å²) in [5.74, 6) is -0.701. The molecule has 0 radical (unpaired) electrons. The Morgan fingerprint density at radius 3 is 2.42 bits per heavy atom. The van der Waals surface area contributed by atoms with Crippen LogP contribution in [0.4, 0.5) is 0 Å². The van der Waals surface area contributed by atoms with Crippen LogP contribution in [0.5, 0.6) is 23.0 Å². The van der Waals surface area contributed by atoms with Gasteiger partial charge in [-0.1, -0.05) is 57.8 Å². The maximum Gasteiger partial charge on any atom is 0.346 e. The van der Waals surface area contributed by atoms with Crippen LogP contribution >= 0.6 is 23.2 Å². The van der Waals surface area contributed by atoms with Crippen molar-refractivity contribution in [2.75, 3.05) is 7.11 Å². The standard InChI is InChI=1S/C27H32Cl2O7/c1-13(2)10-17(30)15-8-9-18-20(23(15)33-7)26(32)34-12-16-21(28)14(3)22(29)25(24(16)35-18)36-19(31)11-27(4,5)6/h8-9,13,17,30H,10-12H2,1-7H3/t17-/m0/s1. The van der Waals surface area contributed by atoms with Crippen molar-refractivity contribution < 1.29 is 33.6 Å². The van der Waals surface area contributed by atoms with Gasteiger partial charge >= 0.3 is 11.9 Å². The molecule has 3 rings (SSSR count). The molecule has 0 unspecified atom stereocenters. The number of carbonyl (C=O) groups excluding carboxylic acids is 2. The lowest BCUT2D eigenvalue weighted by Crippen LogP contribution is -2.19. The Balaban J connectivity index is 2.18. The first-order valence-electron chi connectivity index (χ1n) is 11.7. The third kappa shape index (κ3) is 5.90. The molecule has 7 nitrogen and oxygen atoms in total. The molecule has 0 saturated carbocycles. The maximum absolute atomic E-state index is 13.1. The van der Waals surface area contributed by atoms with Crippen LogP contribution in [0, 0.1) is 18.3 Å². The molecule has 36 heavy (non-hydrogen) atoms. The molecular formula is C27H32Cl2O7. The molecular weight excluding hydrogens is 507 g/mol. The second kappa shape index (κ2) is 10.9. The van der Waals surface area contributed by atoms with E-state index in [1.54, 1.807) is 13.0 Å². The van der Waals surface area contributed by atoms with E-state index in [9.17, 15) is 14.7 Å². The molecule has 1 aliphatic heterocycles. The third-order valence-electron chi connectivity index (χ3n) is 5.67. The van der Waals surface area contributed by atoms with Gasteiger partial charge in [-0.3, -0.25) is 4.79 Å². The number of esters is 2. The second-order valence-electron chi connectivity index (χ2n) is 10.5. The largest absolute Gasteiger partial charge is 0.495 e.